The molecule has 128 valence electrons. The lowest BCUT2D eigenvalue weighted by atomic mass is 10.0. The highest BCUT2D eigenvalue weighted by molar-refractivity contribution is 8.93. The predicted octanol–water partition coefficient (Wildman–Crippen LogP) is 7.16. The molecule has 0 aromatic rings. The van der Waals surface area contributed by atoms with Crippen LogP contribution < -0.4 is 5.73 Å². The lowest BCUT2D eigenvalue weighted by molar-refractivity contribution is 0.536. The highest BCUT2D eigenvalue weighted by Crippen LogP contribution is 2.12. The van der Waals surface area contributed by atoms with Crippen molar-refractivity contribution in [1.29, 1.82) is 0 Å². The Morgan fingerprint density at radius 2 is 0.700 bits per heavy atom. The Kier molecular flexibility index (Phi) is 42.0. The molecule has 0 amide bonds. The van der Waals surface area contributed by atoms with Gasteiger partial charge in [-0.3, -0.25) is 0 Å². The summed E-state index contributed by atoms with van der Waals surface area (Å²) in [5.41, 5.74) is 5.47. The number of rotatable bonds is 14. The van der Waals surface area contributed by atoms with Crippen LogP contribution in [-0.2, 0) is 0 Å². The third kappa shape index (κ3) is 27.7. The quantitative estimate of drug-likeness (QED) is 0.260. The Morgan fingerprint density at radius 1 is 0.450 bits per heavy atom. The minimum absolute atomic E-state index is 0. The Balaban J connectivity index is -0.000000427. The second-order valence-corrected chi connectivity index (χ2v) is 5.38. The molecule has 2 N–H and O–H groups in total. The van der Waals surface area contributed by atoms with Crippen LogP contribution in [0.15, 0.2) is 0 Å². The zero-order valence-electron chi connectivity index (χ0n) is 13.4. The fourth-order valence-electron chi connectivity index (χ4n) is 2.34. The Hall–Kier alpha value is 1.40. The van der Waals surface area contributed by atoms with Crippen molar-refractivity contribution in [3.63, 3.8) is 0 Å². The second kappa shape index (κ2) is 28.5. The second-order valence-electron chi connectivity index (χ2n) is 5.38. The summed E-state index contributed by atoms with van der Waals surface area (Å²) in [4.78, 5) is 0. The number of unbranched alkanes of at least 4 members (excludes halogenated alkanes) is 13. The SMILES string of the molecule is Br.Br.Br.CCCCCCCCCCCCCCCCN. The van der Waals surface area contributed by atoms with Gasteiger partial charge >= 0.3 is 0 Å². The van der Waals surface area contributed by atoms with E-state index >= 15 is 0 Å². The van der Waals surface area contributed by atoms with E-state index < -0.39 is 0 Å². The van der Waals surface area contributed by atoms with Crippen molar-refractivity contribution in [2.45, 2.75) is 96.8 Å². The Morgan fingerprint density at radius 3 is 0.950 bits per heavy atom. The number of hydrogen-bond acceptors (Lipinski definition) is 1. The molecular weight excluding hydrogens is 446 g/mol. The van der Waals surface area contributed by atoms with Gasteiger partial charge in [0.1, 0.15) is 0 Å². The maximum atomic E-state index is 5.47. The molecule has 0 saturated heterocycles. The number of halogens is 3. The highest BCUT2D eigenvalue weighted by atomic mass is 79.9. The molecule has 0 aliphatic rings. The third-order valence-corrected chi connectivity index (χ3v) is 3.56. The van der Waals surface area contributed by atoms with Crippen molar-refractivity contribution >= 4 is 50.9 Å². The Bertz CT molecular complexity index is 121. The topological polar surface area (TPSA) is 26.0 Å². The summed E-state index contributed by atoms with van der Waals surface area (Å²) in [6, 6.07) is 0. The van der Waals surface area contributed by atoms with Gasteiger partial charge in [-0.05, 0) is 13.0 Å². The molecule has 0 heterocycles. The first-order valence-electron chi connectivity index (χ1n) is 8.12. The van der Waals surface area contributed by atoms with Crippen LogP contribution in [0, 0.1) is 0 Å². The molecule has 0 aromatic carbocycles. The fraction of sp³-hybridized carbons (Fsp3) is 1.00. The van der Waals surface area contributed by atoms with E-state index in [9.17, 15) is 0 Å². The summed E-state index contributed by atoms with van der Waals surface area (Å²) in [6.45, 7) is 3.16. The molecule has 0 saturated carbocycles. The standard InChI is InChI=1S/C16H35N.3BrH/c1-2-3-4-5-6-7-8-9-10-11-12-13-14-15-16-17;;;/h2-17H2,1H3;3*1H. The zero-order valence-corrected chi connectivity index (χ0v) is 18.5. The van der Waals surface area contributed by atoms with Crippen LogP contribution in [0.3, 0.4) is 0 Å². The van der Waals surface area contributed by atoms with Crippen LogP contribution in [0.25, 0.3) is 0 Å². The van der Waals surface area contributed by atoms with Crippen LogP contribution in [0.2, 0.25) is 0 Å². The first kappa shape index (κ1) is 29.4. The zero-order chi connectivity index (χ0) is 12.6. The van der Waals surface area contributed by atoms with Gasteiger partial charge < -0.3 is 5.73 Å². The van der Waals surface area contributed by atoms with Crippen molar-refractivity contribution in [2.24, 2.45) is 5.73 Å². The van der Waals surface area contributed by atoms with Gasteiger partial charge in [-0.25, -0.2) is 0 Å². The fourth-order valence-corrected chi connectivity index (χ4v) is 2.34. The van der Waals surface area contributed by atoms with Crippen LogP contribution in [0.1, 0.15) is 96.8 Å². The molecule has 0 aromatic heterocycles. The van der Waals surface area contributed by atoms with E-state index in [1.54, 1.807) is 0 Å². The van der Waals surface area contributed by atoms with E-state index in [-0.39, 0.29) is 50.9 Å². The average Bonchev–Trinajstić information content (AvgIpc) is 2.35. The predicted molar refractivity (Wildman–Crippen MR) is 110 cm³/mol. The maximum absolute atomic E-state index is 5.47. The lowest BCUT2D eigenvalue weighted by Crippen LogP contribution is -1.97. The first-order valence-corrected chi connectivity index (χ1v) is 8.12. The molecule has 1 nitrogen and oxygen atoms in total. The first-order chi connectivity index (χ1) is 8.41. The van der Waals surface area contributed by atoms with E-state index in [1.807, 2.05) is 0 Å². The summed E-state index contributed by atoms with van der Waals surface area (Å²) in [5, 5.41) is 0. The van der Waals surface area contributed by atoms with Gasteiger partial charge in [0.15, 0.2) is 0 Å². The molecule has 0 rings (SSSR count). The minimum atomic E-state index is 0. The highest BCUT2D eigenvalue weighted by Gasteiger charge is 1.93. The van der Waals surface area contributed by atoms with Gasteiger partial charge in [-0.2, -0.15) is 0 Å². The van der Waals surface area contributed by atoms with E-state index in [0.29, 0.717) is 0 Å². The minimum Gasteiger partial charge on any atom is -0.330 e. The van der Waals surface area contributed by atoms with E-state index in [1.165, 1.54) is 89.9 Å². The summed E-state index contributed by atoms with van der Waals surface area (Å²) in [6.07, 6.45) is 19.9. The van der Waals surface area contributed by atoms with Gasteiger partial charge in [-0.15, -0.1) is 50.9 Å². The van der Waals surface area contributed by atoms with Crippen molar-refractivity contribution in [2.75, 3.05) is 6.54 Å². The molecule has 0 radical (unpaired) electrons. The van der Waals surface area contributed by atoms with Crippen LogP contribution in [-0.4, -0.2) is 6.54 Å². The maximum Gasteiger partial charge on any atom is -0.00773 e. The van der Waals surface area contributed by atoms with Gasteiger partial charge in [-0.1, -0.05) is 90.4 Å². The molecule has 0 aliphatic heterocycles. The molecule has 20 heavy (non-hydrogen) atoms. The van der Waals surface area contributed by atoms with Crippen molar-refractivity contribution in [3.05, 3.63) is 0 Å². The van der Waals surface area contributed by atoms with E-state index in [2.05, 4.69) is 6.92 Å². The molecule has 0 atom stereocenters. The van der Waals surface area contributed by atoms with Crippen molar-refractivity contribution in [1.82, 2.24) is 0 Å². The number of hydrogen-bond donors (Lipinski definition) is 1. The normalized spacial score (nSPS) is 9.30. The van der Waals surface area contributed by atoms with E-state index in [4.69, 9.17) is 5.73 Å². The molecule has 0 aliphatic carbocycles. The average molecular weight is 484 g/mol. The van der Waals surface area contributed by atoms with Crippen molar-refractivity contribution < 1.29 is 0 Å². The summed E-state index contributed by atoms with van der Waals surface area (Å²) < 4.78 is 0. The molecule has 4 heteroatoms. The molecule has 0 bridgehead atoms. The van der Waals surface area contributed by atoms with Gasteiger partial charge in [0.05, 0.1) is 0 Å². The summed E-state index contributed by atoms with van der Waals surface area (Å²) in [7, 11) is 0. The smallest absolute Gasteiger partial charge is 0.00773 e. The summed E-state index contributed by atoms with van der Waals surface area (Å²) in [5.74, 6) is 0. The monoisotopic (exact) mass is 481 g/mol. The Labute approximate surface area is 159 Å². The molecular formula is C16H38Br3N. The van der Waals surface area contributed by atoms with E-state index in [0.717, 1.165) is 6.54 Å². The van der Waals surface area contributed by atoms with Gasteiger partial charge in [0.25, 0.3) is 0 Å². The largest absolute Gasteiger partial charge is 0.330 e. The molecule has 0 spiro atoms. The third-order valence-electron chi connectivity index (χ3n) is 3.56. The lowest BCUT2D eigenvalue weighted by Gasteiger charge is -2.02. The van der Waals surface area contributed by atoms with Gasteiger partial charge in [0, 0.05) is 0 Å². The van der Waals surface area contributed by atoms with Crippen LogP contribution in [0.4, 0.5) is 0 Å². The molecule has 0 fully saturated rings. The summed E-state index contributed by atoms with van der Waals surface area (Å²) >= 11 is 0. The van der Waals surface area contributed by atoms with Crippen LogP contribution >= 0.6 is 50.9 Å². The number of nitrogens with two attached hydrogens (primary N) is 1. The van der Waals surface area contributed by atoms with Crippen LogP contribution in [0.5, 0.6) is 0 Å². The van der Waals surface area contributed by atoms with Gasteiger partial charge in [0.2, 0.25) is 0 Å². The van der Waals surface area contributed by atoms with Crippen molar-refractivity contribution in [3.8, 4) is 0 Å². The molecule has 0 unspecified atom stereocenters.